The van der Waals surface area contributed by atoms with Gasteiger partial charge in [0.25, 0.3) is 5.91 Å². The summed E-state index contributed by atoms with van der Waals surface area (Å²) in [5.74, 6) is -0.977. The van der Waals surface area contributed by atoms with Crippen LogP contribution in [-0.2, 0) is 11.3 Å². The predicted octanol–water partition coefficient (Wildman–Crippen LogP) is 3.40. The Bertz CT molecular complexity index is 779. The van der Waals surface area contributed by atoms with Crippen LogP contribution in [0.15, 0.2) is 48.5 Å². The Morgan fingerprint density at radius 1 is 1.20 bits per heavy atom. The van der Waals surface area contributed by atoms with Gasteiger partial charge in [-0.1, -0.05) is 29.8 Å². The van der Waals surface area contributed by atoms with E-state index in [1.165, 1.54) is 23.1 Å². The zero-order valence-electron chi connectivity index (χ0n) is 13.5. The van der Waals surface area contributed by atoms with E-state index in [9.17, 15) is 14.0 Å². The first kappa shape index (κ1) is 17.4. The van der Waals surface area contributed by atoms with E-state index in [1.807, 2.05) is 12.1 Å². The molecule has 2 amide bonds. The molecule has 0 spiro atoms. The van der Waals surface area contributed by atoms with Gasteiger partial charge in [0, 0.05) is 23.7 Å². The van der Waals surface area contributed by atoms with Crippen LogP contribution in [0, 0.1) is 5.82 Å². The lowest BCUT2D eigenvalue weighted by atomic mass is 10.1. The second-order valence-electron chi connectivity index (χ2n) is 6.01. The van der Waals surface area contributed by atoms with Crippen LogP contribution in [0.25, 0.3) is 0 Å². The predicted molar refractivity (Wildman–Crippen MR) is 93.8 cm³/mol. The second-order valence-corrected chi connectivity index (χ2v) is 6.45. The Morgan fingerprint density at radius 2 is 1.96 bits per heavy atom. The number of halogens is 2. The van der Waals surface area contributed by atoms with E-state index in [2.05, 4.69) is 5.32 Å². The molecule has 2 aromatic rings. The van der Waals surface area contributed by atoms with Gasteiger partial charge >= 0.3 is 0 Å². The smallest absolute Gasteiger partial charge is 0.254 e. The topological polar surface area (TPSA) is 49.4 Å². The Morgan fingerprint density at radius 3 is 2.68 bits per heavy atom. The van der Waals surface area contributed by atoms with Gasteiger partial charge in [-0.05, 0) is 48.7 Å². The largest absolute Gasteiger partial charge is 0.350 e. The monoisotopic (exact) mass is 360 g/mol. The third-order valence-electron chi connectivity index (χ3n) is 4.27. The van der Waals surface area contributed by atoms with Crippen molar-refractivity contribution in [2.75, 3.05) is 6.54 Å². The average Bonchev–Trinajstić information content (AvgIpc) is 3.10. The number of carbonyl (C=O) groups is 2. The highest BCUT2D eigenvalue weighted by Gasteiger charge is 2.34. The van der Waals surface area contributed by atoms with Crippen molar-refractivity contribution < 1.29 is 14.0 Å². The molecule has 0 aromatic heterocycles. The first-order valence-electron chi connectivity index (χ1n) is 8.13. The van der Waals surface area contributed by atoms with Gasteiger partial charge in [0.15, 0.2) is 0 Å². The zero-order chi connectivity index (χ0) is 17.8. The molecule has 25 heavy (non-hydrogen) atoms. The number of amides is 2. The van der Waals surface area contributed by atoms with Crippen LogP contribution in [0.2, 0.25) is 5.02 Å². The minimum atomic E-state index is -0.525. The van der Waals surface area contributed by atoms with Crippen LogP contribution in [0.5, 0.6) is 0 Å². The maximum atomic E-state index is 13.3. The molecule has 1 heterocycles. The standard InChI is InChI=1S/C19H18ClFN2O2/c20-15-8-6-13(7-9-15)12-22-18(24)17-5-2-10-23(17)19(25)14-3-1-4-16(21)11-14/h1,3-4,6-9,11,17H,2,5,10,12H2,(H,22,24). The Balaban J connectivity index is 1.65. The molecule has 0 aliphatic carbocycles. The summed E-state index contributed by atoms with van der Waals surface area (Å²) in [6.07, 6.45) is 1.35. The van der Waals surface area contributed by atoms with Gasteiger partial charge in [0.05, 0.1) is 0 Å². The maximum absolute atomic E-state index is 13.3. The molecular formula is C19H18ClFN2O2. The maximum Gasteiger partial charge on any atom is 0.254 e. The molecule has 2 aromatic carbocycles. The van der Waals surface area contributed by atoms with Crippen molar-refractivity contribution in [1.82, 2.24) is 10.2 Å². The summed E-state index contributed by atoms with van der Waals surface area (Å²) in [6, 6.07) is 12.2. The molecule has 1 atom stereocenters. The molecule has 6 heteroatoms. The van der Waals surface area contributed by atoms with Gasteiger partial charge in [-0.25, -0.2) is 4.39 Å². The number of carbonyl (C=O) groups excluding carboxylic acids is 2. The molecule has 3 rings (SSSR count). The lowest BCUT2D eigenvalue weighted by Crippen LogP contribution is -2.45. The van der Waals surface area contributed by atoms with Crippen molar-refractivity contribution in [1.29, 1.82) is 0 Å². The molecule has 4 nitrogen and oxygen atoms in total. The van der Waals surface area contributed by atoms with Gasteiger partial charge in [0.1, 0.15) is 11.9 Å². The molecule has 1 unspecified atom stereocenters. The summed E-state index contributed by atoms with van der Waals surface area (Å²) in [5.41, 5.74) is 1.19. The van der Waals surface area contributed by atoms with E-state index in [4.69, 9.17) is 11.6 Å². The number of nitrogens with zero attached hydrogens (tertiary/aromatic N) is 1. The molecule has 0 saturated carbocycles. The van der Waals surface area contributed by atoms with Crippen LogP contribution in [0.4, 0.5) is 4.39 Å². The fourth-order valence-electron chi connectivity index (χ4n) is 2.98. The summed E-state index contributed by atoms with van der Waals surface area (Å²) >= 11 is 5.84. The molecule has 1 N–H and O–H groups in total. The highest BCUT2D eigenvalue weighted by Crippen LogP contribution is 2.21. The van der Waals surface area contributed by atoms with E-state index in [0.29, 0.717) is 24.5 Å². The fraction of sp³-hybridized carbons (Fsp3) is 0.263. The minimum Gasteiger partial charge on any atom is -0.350 e. The van der Waals surface area contributed by atoms with Gasteiger partial charge in [-0.2, -0.15) is 0 Å². The molecule has 1 aliphatic heterocycles. The number of nitrogens with one attached hydrogen (secondary N) is 1. The van der Waals surface area contributed by atoms with Crippen LogP contribution in [0.1, 0.15) is 28.8 Å². The average molecular weight is 361 g/mol. The molecule has 0 bridgehead atoms. The Hall–Kier alpha value is -2.40. The van der Waals surface area contributed by atoms with E-state index in [1.54, 1.807) is 18.2 Å². The minimum absolute atomic E-state index is 0.197. The van der Waals surface area contributed by atoms with Gasteiger partial charge < -0.3 is 10.2 Å². The van der Waals surface area contributed by atoms with Crippen LogP contribution >= 0.6 is 11.6 Å². The number of benzene rings is 2. The van der Waals surface area contributed by atoms with E-state index < -0.39 is 11.9 Å². The molecule has 130 valence electrons. The summed E-state index contributed by atoms with van der Waals surface area (Å²) in [7, 11) is 0. The second kappa shape index (κ2) is 7.66. The van der Waals surface area contributed by atoms with Crippen molar-refractivity contribution in [2.24, 2.45) is 0 Å². The Kier molecular flexibility index (Phi) is 5.34. The van der Waals surface area contributed by atoms with Crippen molar-refractivity contribution in [3.05, 3.63) is 70.5 Å². The first-order chi connectivity index (χ1) is 12.0. The van der Waals surface area contributed by atoms with Gasteiger partial charge in [-0.3, -0.25) is 9.59 Å². The summed E-state index contributed by atoms with van der Waals surface area (Å²) < 4.78 is 13.3. The number of hydrogen-bond acceptors (Lipinski definition) is 2. The lowest BCUT2D eigenvalue weighted by molar-refractivity contribution is -0.125. The summed E-state index contributed by atoms with van der Waals surface area (Å²) in [5, 5.41) is 3.49. The molecule has 0 radical (unpaired) electrons. The third-order valence-corrected chi connectivity index (χ3v) is 4.52. The van der Waals surface area contributed by atoms with Crippen molar-refractivity contribution in [3.8, 4) is 0 Å². The number of likely N-dealkylation sites (tertiary alicyclic amines) is 1. The van der Waals surface area contributed by atoms with Crippen molar-refractivity contribution in [2.45, 2.75) is 25.4 Å². The fourth-order valence-corrected chi connectivity index (χ4v) is 3.10. The quantitative estimate of drug-likeness (QED) is 0.908. The van der Waals surface area contributed by atoms with E-state index in [0.717, 1.165) is 12.0 Å². The zero-order valence-corrected chi connectivity index (χ0v) is 14.3. The molecule has 1 saturated heterocycles. The summed E-state index contributed by atoms with van der Waals surface area (Å²) in [4.78, 5) is 26.6. The number of rotatable bonds is 4. The van der Waals surface area contributed by atoms with E-state index >= 15 is 0 Å². The SMILES string of the molecule is O=C(NCc1ccc(Cl)cc1)C1CCCN1C(=O)c1cccc(F)c1. The van der Waals surface area contributed by atoms with E-state index in [-0.39, 0.29) is 17.4 Å². The normalized spacial score (nSPS) is 16.7. The Labute approximate surface area is 150 Å². The molecular weight excluding hydrogens is 343 g/mol. The highest BCUT2D eigenvalue weighted by atomic mass is 35.5. The summed E-state index contributed by atoms with van der Waals surface area (Å²) in [6.45, 7) is 0.864. The van der Waals surface area contributed by atoms with Gasteiger partial charge in [0.2, 0.25) is 5.91 Å². The third kappa shape index (κ3) is 4.17. The van der Waals surface area contributed by atoms with Crippen LogP contribution in [-0.4, -0.2) is 29.3 Å². The molecule has 1 fully saturated rings. The lowest BCUT2D eigenvalue weighted by Gasteiger charge is -2.24. The van der Waals surface area contributed by atoms with Gasteiger partial charge in [-0.15, -0.1) is 0 Å². The van der Waals surface area contributed by atoms with Crippen molar-refractivity contribution >= 4 is 23.4 Å². The van der Waals surface area contributed by atoms with Crippen LogP contribution < -0.4 is 5.32 Å². The van der Waals surface area contributed by atoms with Crippen molar-refractivity contribution in [3.63, 3.8) is 0 Å². The van der Waals surface area contributed by atoms with Crippen LogP contribution in [0.3, 0.4) is 0 Å². The first-order valence-corrected chi connectivity index (χ1v) is 8.51. The highest BCUT2D eigenvalue weighted by molar-refractivity contribution is 6.30. The number of hydrogen-bond donors (Lipinski definition) is 1. The molecule has 1 aliphatic rings.